The largest absolute Gasteiger partial charge is 0.381 e. The van der Waals surface area contributed by atoms with Gasteiger partial charge >= 0.3 is 0 Å². The van der Waals surface area contributed by atoms with Gasteiger partial charge in [0.15, 0.2) is 0 Å². The predicted octanol–water partition coefficient (Wildman–Crippen LogP) is 1.77. The van der Waals surface area contributed by atoms with Crippen LogP contribution in [0.4, 0.5) is 11.4 Å². The topological polar surface area (TPSA) is 58.6 Å². The Labute approximate surface area is 119 Å². The average Bonchev–Trinajstić information content (AvgIpc) is 3.17. The highest BCUT2D eigenvalue weighted by molar-refractivity contribution is 9.10. The smallest absolute Gasteiger partial charge is 0.244 e. The summed E-state index contributed by atoms with van der Waals surface area (Å²) in [5, 5.41) is 2.77. The van der Waals surface area contributed by atoms with E-state index in [1.807, 2.05) is 12.1 Å². The quantitative estimate of drug-likeness (QED) is 0.902. The molecule has 1 fully saturated rings. The van der Waals surface area contributed by atoms with E-state index in [2.05, 4.69) is 21.2 Å². The first-order valence-electron chi connectivity index (χ1n) is 6.03. The summed E-state index contributed by atoms with van der Waals surface area (Å²) >= 11 is 3.38. The van der Waals surface area contributed by atoms with E-state index in [1.165, 1.54) is 0 Å². The molecule has 0 spiro atoms. The number of carbonyl (C=O) groups is 2. The van der Waals surface area contributed by atoms with Crippen LogP contribution >= 0.6 is 15.9 Å². The van der Waals surface area contributed by atoms with E-state index >= 15 is 0 Å². The lowest BCUT2D eigenvalue weighted by Crippen LogP contribution is -2.43. The van der Waals surface area contributed by atoms with Crippen LogP contribution in [0.3, 0.4) is 0 Å². The maximum atomic E-state index is 12.4. The van der Waals surface area contributed by atoms with Gasteiger partial charge in [-0.15, -0.1) is 0 Å². The van der Waals surface area contributed by atoms with Crippen LogP contribution in [0.25, 0.3) is 0 Å². The highest BCUT2D eigenvalue weighted by Gasteiger charge is 2.46. The van der Waals surface area contributed by atoms with Gasteiger partial charge in [-0.25, -0.2) is 0 Å². The fourth-order valence-electron chi connectivity index (χ4n) is 2.34. The van der Waals surface area contributed by atoms with E-state index in [0.717, 1.165) is 16.6 Å². The van der Waals surface area contributed by atoms with E-state index in [9.17, 15) is 9.59 Å². The zero-order valence-corrected chi connectivity index (χ0v) is 11.9. The van der Waals surface area contributed by atoms with Crippen LogP contribution in [0.5, 0.6) is 0 Å². The lowest BCUT2D eigenvalue weighted by Gasteiger charge is -2.29. The molecule has 6 heteroatoms. The molecule has 0 unspecified atom stereocenters. The molecule has 1 aromatic rings. The molecule has 3 rings (SSSR count). The lowest BCUT2D eigenvalue weighted by molar-refractivity contribution is -0.123. The van der Waals surface area contributed by atoms with E-state index in [4.69, 9.17) is 4.74 Å². The first-order chi connectivity index (χ1) is 9.10. The van der Waals surface area contributed by atoms with Crippen molar-refractivity contribution in [2.24, 2.45) is 5.92 Å². The van der Waals surface area contributed by atoms with E-state index < -0.39 is 0 Å². The summed E-state index contributed by atoms with van der Waals surface area (Å²) < 4.78 is 6.04. The number of ether oxygens (including phenoxy) is 1. The minimum Gasteiger partial charge on any atom is -0.381 e. The molecule has 1 heterocycles. The third-order valence-corrected chi connectivity index (χ3v) is 3.94. The van der Waals surface area contributed by atoms with Gasteiger partial charge in [-0.1, -0.05) is 15.9 Å². The van der Waals surface area contributed by atoms with Gasteiger partial charge in [-0.05, 0) is 24.6 Å². The Morgan fingerprint density at radius 2 is 2.32 bits per heavy atom. The summed E-state index contributed by atoms with van der Waals surface area (Å²) in [7, 11) is 1.60. The Morgan fingerprint density at radius 3 is 3.00 bits per heavy atom. The first kappa shape index (κ1) is 12.6. The molecular formula is C13H13BrN2O3. The molecule has 2 aliphatic rings. The third kappa shape index (κ3) is 2.26. The molecule has 19 heavy (non-hydrogen) atoms. The number of benzene rings is 1. The Bertz CT molecular complexity index is 561. The van der Waals surface area contributed by atoms with Crippen molar-refractivity contribution in [1.82, 2.24) is 0 Å². The van der Waals surface area contributed by atoms with Crippen molar-refractivity contribution in [1.29, 1.82) is 0 Å². The molecule has 0 aromatic heterocycles. The van der Waals surface area contributed by atoms with Crippen LogP contribution in [0.15, 0.2) is 22.7 Å². The van der Waals surface area contributed by atoms with Gasteiger partial charge in [-0.3, -0.25) is 9.59 Å². The number of nitrogens with zero attached hydrogens (tertiary/aromatic N) is 1. The van der Waals surface area contributed by atoms with Crippen LogP contribution in [0.2, 0.25) is 0 Å². The number of carbonyl (C=O) groups excluding carboxylic acids is 2. The molecule has 5 nitrogen and oxygen atoms in total. The van der Waals surface area contributed by atoms with E-state index in [-0.39, 0.29) is 30.4 Å². The molecule has 1 aliphatic heterocycles. The van der Waals surface area contributed by atoms with Gasteiger partial charge in [-0.2, -0.15) is 0 Å². The number of nitrogens with one attached hydrogen (secondary N) is 1. The molecule has 2 amide bonds. The highest BCUT2D eigenvalue weighted by Crippen LogP contribution is 2.39. The maximum absolute atomic E-state index is 12.4. The second kappa shape index (κ2) is 4.61. The first-order valence-corrected chi connectivity index (χ1v) is 6.83. The Hall–Kier alpha value is -1.40. The molecule has 0 bridgehead atoms. The van der Waals surface area contributed by atoms with E-state index in [1.54, 1.807) is 18.1 Å². The van der Waals surface area contributed by atoms with Crippen LogP contribution in [-0.4, -0.2) is 31.6 Å². The highest BCUT2D eigenvalue weighted by atomic mass is 79.9. The van der Waals surface area contributed by atoms with Crippen molar-refractivity contribution in [3.8, 4) is 0 Å². The Kier molecular flexibility index (Phi) is 3.06. The SMILES string of the molecule is CO[C@@H]1C[C@H]1C(=O)N1CC(=O)Nc2ccc(Br)cc21. The van der Waals surface area contributed by atoms with Gasteiger partial charge in [0.1, 0.15) is 6.54 Å². The van der Waals surface area contributed by atoms with Crippen molar-refractivity contribution >= 4 is 39.1 Å². The third-order valence-electron chi connectivity index (χ3n) is 3.44. The van der Waals surface area contributed by atoms with Crippen molar-refractivity contribution in [2.45, 2.75) is 12.5 Å². The number of halogens is 1. The summed E-state index contributed by atoms with van der Waals surface area (Å²) in [6.07, 6.45) is 0.727. The molecule has 1 aromatic carbocycles. The summed E-state index contributed by atoms with van der Waals surface area (Å²) in [6.45, 7) is 0.0647. The number of methoxy groups -OCH3 is 1. The number of amides is 2. The Balaban J connectivity index is 1.92. The van der Waals surface area contributed by atoms with Gasteiger partial charge in [0.05, 0.1) is 23.4 Å². The zero-order valence-electron chi connectivity index (χ0n) is 10.4. The summed E-state index contributed by atoms with van der Waals surface area (Å²) in [5.41, 5.74) is 1.41. The molecule has 100 valence electrons. The zero-order chi connectivity index (χ0) is 13.6. The number of rotatable bonds is 2. The molecule has 1 saturated carbocycles. The minimum absolute atomic E-state index is 0.00640. The van der Waals surface area contributed by atoms with Crippen molar-refractivity contribution in [3.05, 3.63) is 22.7 Å². The average molecular weight is 325 g/mol. The molecular weight excluding hydrogens is 312 g/mol. The standard InChI is InChI=1S/C13H13BrN2O3/c1-19-11-5-8(11)13(18)16-6-12(17)15-9-3-2-7(14)4-10(9)16/h2-4,8,11H,5-6H2,1H3,(H,15,17)/t8-,11-/m1/s1. The molecule has 0 saturated heterocycles. The van der Waals surface area contributed by atoms with Gasteiger partial charge in [0.25, 0.3) is 0 Å². The second-order valence-electron chi connectivity index (χ2n) is 4.75. The monoisotopic (exact) mass is 324 g/mol. The summed E-state index contributed by atoms with van der Waals surface area (Å²) in [6, 6.07) is 5.47. The summed E-state index contributed by atoms with van der Waals surface area (Å²) in [5.74, 6) is -0.332. The van der Waals surface area contributed by atoms with Crippen LogP contribution in [0, 0.1) is 5.92 Å². The minimum atomic E-state index is -0.169. The van der Waals surface area contributed by atoms with Crippen molar-refractivity contribution in [2.75, 3.05) is 23.9 Å². The molecule has 2 atom stereocenters. The Morgan fingerprint density at radius 1 is 1.53 bits per heavy atom. The van der Waals surface area contributed by atoms with Gasteiger partial charge in [0, 0.05) is 11.6 Å². The summed E-state index contributed by atoms with van der Waals surface area (Å²) in [4.78, 5) is 25.6. The van der Waals surface area contributed by atoms with E-state index in [0.29, 0.717) is 5.69 Å². The second-order valence-corrected chi connectivity index (χ2v) is 5.67. The normalized spacial score (nSPS) is 24.7. The van der Waals surface area contributed by atoms with Crippen LogP contribution in [0.1, 0.15) is 6.42 Å². The van der Waals surface area contributed by atoms with Gasteiger partial charge in [0.2, 0.25) is 11.8 Å². The predicted molar refractivity (Wildman–Crippen MR) is 74.0 cm³/mol. The van der Waals surface area contributed by atoms with Crippen molar-refractivity contribution in [3.63, 3.8) is 0 Å². The molecule has 1 N–H and O–H groups in total. The maximum Gasteiger partial charge on any atom is 0.244 e. The van der Waals surface area contributed by atoms with Crippen LogP contribution < -0.4 is 10.2 Å². The van der Waals surface area contributed by atoms with Crippen molar-refractivity contribution < 1.29 is 14.3 Å². The van der Waals surface area contributed by atoms with Gasteiger partial charge < -0.3 is 15.0 Å². The molecule has 1 aliphatic carbocycles. The van der Waals surface area contributed by atoms with Crippen LogP contribution in [-0.2, 0) is 14.3 Å². The number of hydrogen-bond donors (Lipinski definition) is 1. The fraction of sp³-hybridized carbons (Fsp3) is 0.385. The number of anilines is 2. The lowest BCUT2D eigenvalue weighted by atomic mass is 10.1. The fourth-order valence-corrected chi connectivity index (χ4v) is 2.69. The number of fused-ring (bicyclic) bond motifs is 1. The molecule has 0 radical (unpaired) electrons. The number of hydrogen-bond acceptors (Lipinski definition) is 3.